The van der Waals surface area contributed by atoms with Crippen LogP contribution in [0.15, 0.2) is 53.5 Å². The Bertz CT molecular complexity index is 1020. The summed E-state index contributed by atoms with van der Waals surface area (Å²) in [5.74, 6) is -1.93. The third kappa shape index (κ3) is 1.74. The maximum absolute atomic E-state index is 13.5. The van der Waals surface area contributed by atoms with Crippen LogP contribution in [0.4, 0.5) is 8.78 Å². The van der Waals surface area contributed by atoms with E-state index in [4.69, 9.17) is 0 Å². The molecule has 6 heteroatoms. The van der Waals surface area contributed by atoms with Crippen LogP contribution in [0.25, 0.3) is 27.8 Å². The van der Waals surface area contributed by atoms with Crippen LogP contribution in [0, 0.1) is 11.6 Å². The maximum atomic E-state index is 13.5. The second-order valence-corrected chi connectivity index (χ2v) is 4.92. The number of nitrogens with zero attached hydrogens (tertiary/aromatic N) is 2. The zero-order chi connectivity index (χ0) is 15.3. The fraction of sp³-hybridized carbons (Fsp3) is 0. The topological polar surface area (TPSA) is 50.7 Å². The number of rotatable bonds is 1. The second-order valence-electron chi connectivity index (χ2n) is 4.92. The van der Waals surface area contributed by atoms with Crippen molar-refractivity contribution in [3.8, 4) is 16.9 Å². The molecular formula is C16H9F2N3O. The van der Waals surface area contributed by atoms with Gasteiger partial charge in [0.2, 0.25) is 0 Å². The predicted molar refractivity (Wildman–Crippen MR) is 78.2 cm³/mol. The summed E-state index contributed by atoms with van der Waals surface area (Å²) >= 11 is 0. The number of aromatic amines is 1. The van der Waals surface area contributed by atoms with Gasteiger partial charge in [-0.1, -0.05) is 18.2 Å². The van der Waals surface area contributed by atoms with Gasteiger partial charge in [0, 0.05) is 17.6 Å². The van der Waals surface area contributed by atoms with Crippen molar-refractivity contribution in [2.24, 2.45) is 0 Å². The van der Waals surface area contributed by atoms with E-state index in [1.807, 2.05) is 6.07 Å². The van der Waals surface area contributed by atoms with Crippen LogP contribution in [0.2, 0.25) is 0 Å². The summed E-state index contributed by atoms with van der Waals surface area (Å²) in [6.07, 6.45) is 1.46. The van der Waals surface area contributed by atoms with Crippen LogP contribution in [-0.2, 0) is 0 Å². The van der Waals surface area contributed by atoms with Gasteiger partial charge in [-0.25, -0.2) is 8.78 Å². The number of nitrogens with one attached hydrogen (secondary N) is 1. The largest absolute Gasteiger partial charge is 0.360 e. The second kappa shape index (κ2) is 4.49. The summed E-state index contributed by atoms with van der Waals surface area (Å²) < 4.78 is 28.1. The number of hydrogen-bond acceptors (Lipinski definition) is 2. The van der Waals surface area contributed by atoms with E-state index in [1.54, 1.807) is 24.3 Å². The van der Waals surface area contributed by atoms with Crippen molar-refractivity contribution in [2.45, 2.75) is 0 Å². The molecule has 2 heterocycles. The lowest BCUT2D eigenvalue weighted by Crippen LogP contribution is -2.14. The number of aromatic nitrogens is 3. The van der Waals surface area contributed by atoms with Crippen LogP contribution >= 0.6 is 0 Å². The molecule has 0 atom stereocenters. The molecule has 1 N–H and O–H groups in total. The van der Waals surface area contributed by atoms with Gasteiger partial charge in [-0.2, -0.15) is 9.78 Å². The Balaban J connectivity index is 2.09. The number of benzene rings is 2. The van der Waals surface area contributed by atoms with Crippen LogP contribution in [0.3, 0.4) is 0 Å². The summed E-state index contributed by atoms with van der Waals surface area (Å²) in [6, 6.07) is 11.0. The summed E-state index contributed by atoms with van der Waals surface area (Å²) in [5.41, 5.74) is 1.33. The zero-order valence-corrected chi connectivity index (χ0v) is 11.2. The molecule has 0 saturated carbocycles. The van der Waals surface area contributed by atoms with Gasteiger partial charge >= 0.3 is 0 Å². The minimum Gasteiger partial charge on any atom is -0.360 e. The average molecular weight is 297 g/mol. The third-order valence-electron chi connectivity index (χ3n) is 3.57. The number of para-hydroxylation sites is 1. The standard InChI is InChI=1S/C16H9F2N3O/c17-12-6-10-14(7-13(12)18)19-8-11-15(10)20-21(16(11)22)9-4-2-1-3-5-9/h1-8,19H. The van der Waals surface area contributed by atoms with Crippen molar-refractivity contribution in [2.75, 3.05) is 0 Å². The van der Waals surface area contributed by atoms with Gasteiger partial charge in [0.1, 0.15) is 5.69 Å². The molecule has 2 aromatic carbocycles. The number of H-pyrrole nitrogens is 1. The molecule has 108 valence electrons. The van der Waals surface area contributed by atoms with E-state index < -0.39 is 11.6 Å². The molecule has 0 amide bonds. The highest BCUT2D eigenvalue weighted by atomic mass is 19.2. The number of halogens is 2. The highest BCUT2D eigenvalue weighted by Gasteiger charge is 2.20. The van der Waals surface area contributed by atoms with Crippen molar-refractivity contribution < 1.29 is 8.78 Å². The molecule has 4 rings (SSSR count). The van der Waals surface area contributed by atoms with Gasteiger partial charge < -0.3 is 4.98 Å². The molecule has 2 aromatic rings. The fourth-order valence-electron chi connectivity index (χ4n) is 2.50. The van der Waals surface area contributed by atoms with Crippen LogP contribution in [0.1, 0.15) is 0 Å². The molecule has 0 aromatic heterocycles. The van der Waals surface area contributed by atoms with Crippen molar-refractivity contribution >= 4 is 10.9 Å². The van der Waals surface area contributed by atoms with E-state index in [-0.39, 0.29) is 5.56 Å². The van der Waals surface area contributed by atoms with E-state index in [9.17, 15) is 13.6 Å². The Labute approximate surface area is 123 Å². The minimum atomic E-state index is -0.977. The highest BCUT2D eigenvalue weighted by Crippen LogP contribution is 2.27. The van der Waals surface area contributed by atoms with E-state index >= 15 is 0 Å². The molecule has 0 radical (unpaired) electrons. The smallest absolute Gasteiger partial charge is 0.282 e. The Morgan fingerprint density at radius 2 is 1.77 bits per heavy atom. The molecule has 2 aliphatic rings. The predicted octanol–water partition coefficient (Wildman–Crippen LogP) is 3.10. The molecule has 0 fully saturated rings. The molecule has 0 unspecified atom stereocenters. The molecule has 0 saturated heterocycles. The molecule has 2 aliphatic heterocycles. The van der Waals surface area contributed by atoms with E-state index in [1.165, 1.54) is 10.9 Å². The van der Waals surface area contributed by atoms with Crippen molar-refractivity contribution in [1.29, 1.82) is 0 Å². The van der Waals surface area contributed by atoms with Gasteiger partial charge in [-0.3, -0.25) is 4.79 Å². The summed E-state index contributed by atoms with van der Waals surface area (Å²) in [7, 11) is 0. The summed E-state index contributed by atoms with van der Waals surface area (Å²) in [5, 5.41) is 4.64. The Morgan fingerprint density at radius 1 is 1.05 bits per heavy atom. The molecular weight excluding hydrogens is 288 g/mol. The summed E-state index contributed by atoms with van der Waals surface area (Å²) in [6.45, 7) is 0. The molecule has 4 nitrogen and oxygen atoms in total. The number of pyridine rings is 1. The first-order valence-electron chi connectivity index (χ1n) is 6.60. The van der Waals surface area contributed by atoms with Gasteiger partial charge in [-0.15, -0.1) is 0 Å². The number of hydrogen-bond donors (Lipinski definition) is 1. The van der Waals surface area contributed by atoms with Crippen molar-refractivity contribution in [3.63, 3.8) is 0 Å². The van der Waals surface area contributed by atoms with Gasteiger partial charge in [-0.05, 0) is 18.2 Å². The Morgan fingerprint density at radius 3 is 2.55 bits per heavy atom. The van der Waals surface area contributed by atoms with Gasteiger partial charge in [0.15, 0.2) is 11.6 Å². The zero-order valence-electron chi connectivity index (χ0n) is 11.2. The minimum absolute atomic E-state index is 0.316. The number of fused-ring (bicyclic) bond motifs is 3. The lowest BCUT2D eigenvalue weighted by Gasteiger charge is -2.03. The monoisotopic (exact) mass is 297 g/mol. The van der Waals surface area contributed by atoms with Gasteiger partial charge in [0.05, 0.1) is 16.8 Å². The van der Waals surface area contributed by atoms with E-state index in [0.29, 0.717) is 27.8 Å². The van der Waals surface area contributed by atoms with Crippen molar-refractivity contribution in [3.05, 3.63) is 70.6 Å². The Hall–Kier alpha value is -3.02. The maximum Gasteiger partial charge on any atom is 0.282 e. The normalized spacial score (nSPS) is 11.4. The van der Waals surface area contributed by atoms with Crippen LogP contribution in [-0.4, -0.2) is 14.8 Å². The molecule has 22 heavy (non-hydrogen) atoms. The SMILES string of the molecule is O=c1c2c[nH]c3cc(F)c(F)cc3c-2nn1-c1ccccc1. The quantitative estimate of drug-likeness (QED) is 0.587. The average Bonchev–Trinajstić information content (AvgIpc) is 2.87. The highest BCUT2D eigenvalue weighted by molar-refractivity contribution is 5.93. The first-order chi connectivity index (χ1) is 10.6. The first-order valence-corrected chi connectivity index (χ1v) is 6.60. The summed E-state index contributed by atoms with van der Waals surface area (Å²) in [4.78, 5) is 15.2. The molecule has 0 aliphatic carbocycles. The van der Waals surface area contributed by atoms with E-state index in [0.717, 1.165) is 12.1 Å². The molecule has 0 spiro atoms. The van der Waals surface area contributed by atoms with Gasteiger partial charge in [0.25, 0.3) is 5.56 Å². The fourth-order valence-corrected chi connectivity index (χ4v) is 2.50. The van der Waals surface area contributed by atoms with E-state index in [2.05, 4.69) is 10.1 Å². The third-order valence-corrected chi connectivity index (χ3v) is 3.57. The lowest BCUT2D eigenvalue weighted by atomic mass is 10.1. The van der Waals surface area contributed by atoms with Crippen LogP contribution < -0.4 is 5.56 Å². The first kappa shape index (κ1) is 12.7. The van der Waals surface area contributed by atoms with Crippen molar-refractivity contribution in [1.82, 2.24) is 14.8 Å². The Kier molecular flexibility index (Phi) is 2.59. The molecule has 0 bridgehead atoms. The lowest BCUT2D eigenvalue weighted by molar-refractivity contribution is 0.510. The van der Waals surface area contributed by atoms with Crippen LogP contribution in [0.5, 0.6) is 0 Å².